The van der Waals surface area contributed by atoms with Crippen molar-refractivity contribution in [2.75, 3.05) is 7.11 Å². The fourth-order valence-electron chi connectivity index (χ4n) is 0.725. The molecule has 3 nitrogen and oxygen atoms in total. The molecule has 0 spiro atoms. The maximum absolute atomic E-state index is 12.3. The second kappa shape index (κ2) is 3.78. The van der Waals surface area contributed by atoms with E-state index in [-0.39, 0.29) is 0 Å². The number of rotatable bonds is 3. The number of esters is 1. The molecule has 13 heavy (non-hydrogen) atoms. The minimum absolute atomic E-state index is 0.705. The van der Waals surface area contributed by atoms with Gasteiger partial charge in [-0.2, -0.15) is 13.2 Å². The van der Waals surface area contributed by atoms with Gasteiger partial charge in [0.2, 0.25) is 5.54 Å². The van der Waals surface area contributed by atoms with Gasteiger partial charge in [-0.05, 0) is 0 Å². The second-order valence-electron chi connectivity index (χ2n) is 2.45. The number of hydrogen-bond acceptors (Lipinski definition) is 3. The summed E-state index contributed by atoms with van der Waals surface area (Å²) in [4.78, 5) is 10.8. The van der Waals surface area contributed by atoms with Crippen LogP contribution in [0.25, 0.3) is 0 Å². The zero-order valence-corrected chi connectivity index (χ0v) is 7.02. The maximum Gasteiger partial charge on any atom is 0.417 e. The summed E-state index contributed by atoms with van der Waals surface area (Å²) in [5, 5.41) is 0. The molecule has 0 rings (SSSR count). The van der Waals surface area contributed by atoms with Gasteiger partial charge in [0.15, 0.2) is 0 Å². The third kappa shape index (κ3) is 2.21. The third-order valence-corrected chi connectivity index (χ3v) is 1.52. The van der Waals surface area contributed by atoms with Crippen LogP contribution in [0.3, 0.4) is 0 Å². The SMILES string of the molecule is C=CCC(N)(C(=O)OC)C(F)(F)F. The summed E-state index contributed by atoms with van der Waals surface area (Å²) in [5.41, 5.74) is 1.89. The molecule has 0 bridgehead atoms. The number of carbonyl (C=O) groups excluding carboxylic acids is 1. The van der Waals surface area contributed by atoms with Gasteiger partial charge in [0.1, 0.15) is 0 Å². The van der Waals surface area contributed by atoms with Crippen LogP contribution in [0.5, 0.6) is 0 Å². The summed E-state index contributed by atoms with van der Waals surface area (Å²) < 4.78 is 40.7. The first-order valence-corrected chi connectivity index (χ1v) is 3.34. The highest BCUT2D eigenvalue weighted by atomic mass is 19.4. The summed E-state index contributed by atoms with van der Waals surface area (Å²) in [5.74, 6) is -1.51. The highest BCUT2D eigenvalue weighted by Gasteiger charge is 2.57. The van der Waals surface area contributed by atoms with Crippen LogP contribution in [0.15, 0.2) is 12.7 Å². The zero-order valence-electron chi connectivity index (χ0n) is 7.02. The molecule has 0 aliphatic rings. The van der Waals surface area contributed by atoms with Gasteiger partial charge in [-0.3, -0.25) is 0 Å². The second-order valence-corrected chi connectivity index (χ2v) is 2.45. The monoisotopic (exact) mass is 197 g/mol. The summed E-state index contributed by atoms with van der Waals surface area (Å²) in [6, 6.07) is 0. The van der Waals surface area contributed by atoms with Crippen molar-refractivity contribution in [2.45, 2.75) is 18.1 Å². The molecule has 0 aliphatic heterocycles. The van der Waals surface area contributed by atoms with Crippen LogP contribution in [0.4, 0.5) is 13.2 Å². The van der Waals surface area contributed by atoms with Gasteiger partial charge < -0.3 is 10.5 Å². The zero-order chi connectivity index (χ0) is 10.7. The molecule has 0 saturated heterocycles. The smallest absolute Gasteiger partial charge is 0.417 e. The maximum atomic E-state index is 12.3. The fraction of sp³-hybridized carbons (Fsp3) is 0.571. The Morgan fingerprint density at radius 3 is 2.31 bits per heavy atom. The molecule has 0 radical (unpaired) electrons. The molecule has 0 aromatic carbocycles. The summed E-state index contributed by atoms with van der Waals surface area (Å²) >= 11 is 0. The third-order valence-electron chi connectivity index (χ3n) is 1.52. The van der Waals surface area contributed by atoms with E-state index in [1.165, 1.54) is 0 Å². The van der Waals surface area contributed by atoms with Crippen molar-refractivity contribution in [3.05, 3.63) is 12.7 Å². The lowest BCUT2D eigenvalue weighted by atomic mass is 9.96. The van der Waals surface area contributed by atoms with Gasteiger partial charge in [-0.25, -0.2) is 4.79 Å². The Labute approximate surface area is 73.4 Å². The summed E-state index contributed by atoms with van der Waals surface area (Å²) in [6.45, 7) is 3.09. The quantitative estimate of drug-likeness (QED) is 0.542. The lowest BCUT2D eigenvalue weighted by Crippen LogP contribution is -2.59. The van der Waals surface area contributed by atoms with E-state index in [0.29, 0.717) is 0 Å². The first kappa shape index (κ1) is 12.0. The van der Waals surface area contributed by atoms with Crippen molar-refractivity contribution >= 4 is 5.97 Å². The van der Waals surface area contributed by atoms with Crippen LogP contribution in [0.2, 0.25) is 0 Å². The largest absolute Gasteiger partial charge is 0.467 e. The highest BCUT2D eigenvalue weighted by molar-refractivity contribution is 5.81. The van der Waals surface area contributed by atoms with E-state index in [0.717, 1.165) is 13.2 Å². The molecule has 2 N–H and O–H groups in total. The molecule has 0 amide bonds. The van der Waals surface area contributed by atoms with Gasteiger partial charge in [-0.15, -0.1) is 6.58 Å². The van der Waals surface area contributed by atoms with E-state index in [4.69, 9.17) is 5.73 Å². The molecular formula is C7H10F3NO2. The van der Waals surface area contributed by atoms with Crippen molar-refractivity contribution in [3.63, 3.8) is 0 Å². The molecule has 0 aromatic heterocycles. The van der Waals surface area contributed by atoms with E-state index >= 15 is 0 Å². The summed E-state index contributed by atoms with van der Waals surface area (Å²) in [6.07, 6.45) is -4.62. The van der Waals surface area contributed by atoms with Crippen molar-refractivity contribution in [1.29, 1.82) is 0 Å². The number of alkyl halides is 3. The minimum Gasteiger partial charge on any atom is -0.467 e. The van der Waals surface area contributed by atoms with E-state index in [1.807, 2.05) is 0 Å². The number of ether oxygens (including phenoxy) is 1. The molecule has 0 aromatic rings. The van der Waals surface area contributed by atoms with Gasteiger partial charge in [0.25, 0.3) is 0 Å². The molecular weight excluding hydrogens is 187 g/mol. The van der Waals surface area contributed by atoms with Crippen molar-refractivity contribution in [1.82, 2.24) is 0 Å². The van der Waals surface area contributed by atoms with Gasteiger partial charge in [-0.1, -0.05) is 6.08 Å². The molecule has 6 heteroatoms. The van der Waals surface area contributed by atoms with Crippen molar-refractivity contribution in [3.8, 4) is 0 Å². The Morgan fingerprint density at radius 1 is 1.62 bits per heavy atom. The average Bonchev–Trinajstić information content (AvgIpc) is 2.01. The van der Waals surface area contributed by atoms with E-state index < -0.39 is 24.1 Å². The molecule has 0 heterocycles. The van der Waals surface area contributed by atoms with E-state index in [2.05, 4.69) is 11.3 Å². The number of hydrogen-bond donors (Lipinski definition) is 1. The Balaban J connectivity index is 4.94. The van der Waals surface area contributed by atoms with Crippen molar-refractivity contribution in [2.24, 2.45) is 5.73 Å². The normalized spacial score (nSPS) is 16.1. The van der Waals surface area contributed by atoms with E-state index in [9.17, 15) is 18.0 Å². The van der Waals surface area contributed by atoms with Gasteiger partial charge >= 0.3 is 12.1 Å². The summed E-state index contributed by atoms with van der Waals surface area (Å²) in [7, 11) is 0.846. The first-order valence-electron chi connectivity index (χ1n) is 3.34. The predicted octanol–water partition coefficient (Wildman–Crippen LogP) is 0.995. The van der Waals surface area contributed by atoms with Crippen LogP contribution in [-0.4, -0.2) is 24.8 Å². The lowest BCUT2D eigenvalue weighted by molar-refractivity contribution is -0.203. The fourth-order valence-corrected chi connectivity index (χ4v) is 0.725. The van der Waals surface area contributed by atoms with Crippen LogP contribution < -0.4 is 5.73 Å². The highest BCUT2D eigenvalue weighted by Crippen LogP contribution is 2.32. The Morgan fingerprint density at radius 2 is 2.08 bits per heavy atom. The van der Waals surface area contributed by atoms with Crippen LogP contribution in [0.1, 0.15) is 6.42 Å². The Hall–Kier alpha value is -1.04. The van der Waals surface area contributed by atoms with E-state index in [1.54, 1.807) is 0 Å². The number of halogens is 3. The van der Waals surface area contributed by atoms with Crippen molar-refractivity contribution < 1.29 is 22.7 Å². The van der Waals surface area contributed by atoms with Gasteiger partial charge in [0, 0.05) is 6.42 Å². The van der Waals surface area contributed by atoms with Crippen LogP contribution in [-0.2, 0) is 9.53 Å². The molecule has 0 aliphatic carbocycles. The van der Waals surface area contributed by atoms with Gasteiger partial charge in [0.05, 0.1) is 7.11 Å². The molecule has 0 fully saturated rings. The van der Waals surface area contributed by atoms with Crippen LogP contribution >= 0.6 is 0 Å². The lowest BCUT2D eigenvalue weighted by Gasteiger charge is -2.27. The number of nitrogens with two attached hydrogens (primary N) is 1. The average molecular weight is 197 g/mol. The topological polar surface area (TPSA) is 52.3 Å². The molecule has 1 unspecified atom stereocenters. The Kier molecular flexibility index (Phi) is 3.48. The predicted molar refractivity (Wildman–Crippen MR) is 39.8 cm³/mol. The number of carbonyl (C=O) groups is 1. The molecule has 1 atom stereocenters. The number of methoxy groups -OCH3 is 1. The Bertz CT molecular complexity index is 214. The molecule has 0 saturated carbocycles. The first-order chi connectivity index (χ1) is 5.79. The molecule has 76 valence electrons. The standard InChI is InChI=1S/C7H10F3NO2/c1-3-4-6(11,5(12)13-2)7(8,9)10/h3H,1,4,11H2,2H3. The minimum atomic E-state index is -4.84. The van der Waals surface area contributed by atoms with Crippen LogP contribution in [0, 0.1) is 0 Å².